The number of nitrogens with zero attached hydrogens (tertiary/aromatic N) is 1. The van der Waals surface area contributed by atoms with E-state index in [0.29, 0.717) is 4.88 Å². The number of carbonyl (C=O) groups is 1. The highest BCUT2D eigenvalue weighted by molar-refractivity contribution is 14.1. The lowest BCUT2D eigenvalue weighted by molar-refractivity contribution is 0.102. The number of benzene rings is 1. The molecule has 0 saturated carbocycles. The molecule has 18 heavy (non-hydrogen) atoms. The SMILES string of the molecule is Cc1nc(C)c(C(=O)Nc2ccc(I)cc2C)s1. The van der Waals surface area contributed by atoms with Crippen molar-refractivity contribution >= 4 is 45.5 Å². The Morgan fingerprint density at radius 3 is 2.61 bits per heavy atom. The summed E-state index contributed by atoms with van der Waals surface area (Å²) in [5.41, 5.74) is 2.71. The fourth-order valence-corrected chi connectivity index (χ4v) is 3.15. The number of hydrogen-bond donors (Lipinski definition) is 1. The van der Waals surface area contributed by atoms with E-state index in [1.807, 2.05) is 39.0 Å². The van der Waals surface area contributed by atoms with Gasteiger partial charge in [-0.3, -0.25) is 4.79 Å². The molecule has 1 amide bonds. The smallest absolute Gasteiger partial charge is 0.267 e. The number of halogens is 1. The van der Waals surface area contributed by atoms with Crippen LogP contribution in [0.1, 0.15) is 25.9 Å². The summed E-state index contributed by atoms with van der Waals surface area (Å²) in [4.78, 5) is 17.1. The van der Waals surface area contributed by atoms with E-state index < -0.39 is 0 Å². The molecular weight excluding hydrogens is 359 g/mol. The predicted octanol–water partition coefficient (Wildman–Crippen LogP) is 3.93. The molecule has 1 N–H and O–H groups in total. The number of anilines is 1. The van der Waals surface area contributed by atoms with Crippen molar-refractivity contribution in [1.29, 1.82) is 0 Å². The number of aryl methyl sites for hydroxylation is 3. The summed E-state index contributed by atoms with van der Waals surface area (Å²) < 4.78 is 1.16. The lowest BCUT2D eigenvalue weighted by Gasteiger charge is -2.07. The number of hydrogen-bond acceptors (Lipinski definition) is 3. The first-order chi connectivity index (χ1) is 8.47. The van der Waals surface area contributed by atoms with E-state index in [1.165, 1.54) is 11.3 Å². The second-order valence-corrected chi connectivity index (χ2v) is 6.51. The fourth-order valence-electron chi connectivity index (χ4n) is 1.69. The van der Waals surface area contributed by atoms with Crippen molar-refractivity contribution < 1.29 is 4.79 Å². The Labute approximate surface area is 124 Å². The van der Waals surface area contributed by atoms with Gasteiger partial charge in [0.05, 0.1) is 10.7 Å². The Morgan fingerprint density at radius 1 is 1.33 bits per heavy atom. The average molecular weight is 372 g/mol. The molecule has 1 heterocycles. The van der Waals surface area contributed by atoms with E-state index in [-0.39, 0.29) is 5.91 Å². The van der Waals surface area contributed by atoms with Gasteiger partial charge in [-0.15, -0.1) is 11.3 Å². The van der Waals surface area contributed by atoms with Crippen LogP contribution in [0.15, 0.2) is 18.2 Å². The van der Waals surface area contributed by atoms with Gasteiger partial charge in [-0.2, -0.15) is 0 Å². The second-order valence-electron chi connectivity index (χ2n) is 4.06. The molecule has 94 valence electrons. The van der Waals surface area contributed by atoms with Crippen LogP contribution in [-0.4, -0.2) is 10.9 Å². The van der Waals surface area contributed by atoms with Gasteiger partial charge >= 0.3 is 0 Å². The summed E-state index contributed by atoms with van der Waals surface area (Å²) >= 11 is 3.68. The lowest BCUT2D eigenvalue weighted by atomic mass is 10.2. The van der Waals surface area contributed by atoms with Crippen LogP contribution in [0, 0.1) is 24.3 Å². The largest absolute Gasteiger partial charge is 0.321 e. The van der Waals surface area contributed by atoms with Crippen LogP contribution >= 0.6 is 33.9 Å². The van der Waals surface area contributed by atoms with Crippen LogP contribution in [-0.2, 0) is 0 Å². The van der Waals surface area contributed by atoms with Crippen molar-refractivity contribution in [2.24, 2.45) is 0 Å². The molecule has 3 nitrogen and oxygen atoms in total. The van der Waals surface area contributed by atoms with Crippen LogP contribution in [0.2, 0.25) is 0 Å². The summed E-state index contributed by atoms with van der Waals surface area (Å²) in [7, 11) is 0. The first kappa shape index (κ1) is 13.5. The molecule has 0 aliphatic rings. The Hall–Kier alpha value is -0.950. The van der Waals surface area contributed by atoms with Gasteiger partial charge in [-0.1, -0.05) is 0 Å². The molecule has 0 radical (unpaired) electrons. The van der Waals surface area contributed by atoms with Crippen LogP contribution in [0.4, 0.5) is 5.69 Å². The molecule has 5 heteroatoms. The topological polar surface area (TPSA) is 42.0 Å². The van der Waals surface area contributed by atoms with Crippen molar-refractivity contribution in [3.8, 4) is 0 Å². The minimum Gasteiger partial charge on any atom is -0.321 e. The van der Waals surface area contributed by atoms with Gasteiger partial charge in [-0.05, 0) is 67.1 Å². The fraction of sp³-hybridized carbons (Fsp3) is 0.231. The molecule has 0 atom stereocenters. The highest BCUT2D eigenvalue weighted by Crippen LogP contribution is 2.22. The number of nitrogens with one attached hydrogen (secondary N) is 1. The van der Waals surface area contributed by atoms with E-state index in [4.69, 9.17) is 0 Å². The quantitative estimate of drug-likeness (QED) is 0.812. The maximum absolute atomic E-state index is 12.1. The van der Waals surface area contributed by atoms with Gasteiger partial charge in [0.2, 0.25) is 0 Å². The molecular formula is C13H13IN2OS. The first-order valence-electron chi connectivity index (χ1n) is 5.49. The summed E-state index contributed by atoms with van der Waals surface area (Å²) in [5.74, 6) is -0.0811. The molecule has 2 rings (SSSR count). The van der Waals surface area contributed by atoms with Gasteiger partial charge in [0, 0.05) is 9.26 Å². The monoisotopic (exact) mass is 372 g/mol. The lowest BCUT2D eigenvalue weighted by Crippen LogP contribution is -2.12. The van der Waals surface area contributed by atoms with Crippen LogP contribution < -0.4 is 5.32 Å². The summed E-state index contributed by atoms with van der Waals surface area (Å²) in [5, 5.41) is 3.85. The molecule has 0 fully saturated rings. The number of aromatic nitrogens is 1. The number of carbonyl (C=O) groups excluding carboxylic acids is 1. The van der Waals surface area contributed by atoms with Gasteiger partial charge in [-0.25, -0.2) is 4.98 Å². The van der Waals surface area contributed by atoms with E-state index in [2.05, 4.69) is 32.9 Å². The number of amides is 1. The Bertz CT molecular complexity index is 607. The molecule has 0 aliphatic heterocycles. The van der Waals surface area contributed by atoms with E-state index >= 15 is 0 Å². The minimum absolute atomic E-state index is 0.0811. The molecule has 0 spiro atoms. The summed E-state index contributed by atoms with van der Waals surface area (Å²) in [6.45, 7) is 5.76. The number of rotatable bonds is 2. The minimum atomic E-state index is -0.0811. The Kier molecular flexibility index (Phi) is 4.01. The molecule has 0 saturated heterocycles. The van der Waals surface area contributed by atoms with Gasteiger partial charge < -0.3 is 5.32 Å². The van der Waals surface area contributed by atoms with Gasteiger partial charge in [0.15, 0.2) is 0 Å². The standard InChI is InChI=1S/C13H13IN2OS/c1-7-6-10(14)4-5-11(7)16-13(17)12-8(2)15-9(3)18-12/h4-6H,1-3H3,(H,16,17). The van der Waals surface area contributed by atoms with E-state index in [9.17, 15) is 4.79 Å². The average Bonchev–Trinajstić information content (AvgIpc) is 2.62. The molecule has 1 aromatic carbocycles. The first-order valence-corrected chi connectivity index (χ1v) is 7.38. The van der Waals surface area contributed by atoms with Gasteiger partial charge in [0.25, 0.3) is 5.91 Å². The molecule has 1 aromatic heterocycles. The van der Waals surface area contributed by atoms with Crippen molar-refractivity contribution in [3.05, 3.63) is 42.9 Å². The maximum Gasteiger partial charge on any atom is 0.267 e. The van der Waals surface area contributed by atoms with E-state index in [0.717, 1.165) is 25.5 Å². The van der Waals surface area contributed by atoms with Crippen molar-refractivity contribution in [3.63, 3.8) is 0 Å². The van der Waals surface area contributed by atoms with Crippen LogP contribution in [0.3, 0.4) is 0 Å². The van der Waals surface area contributed by atoms with Gasteiger partial charge in [0.1, 0.15) is 4.88 Å². The normalized spacial score (nSPS) is 10.4. The van der Waals surface area contributed by atoms with E-state index in [1.54, 1.807) is 0 Å². The zero-order valence-electron chi connectivity index (χ0n) is 10.4. The third-order valence-corrected chi connectivity index (χ3v) is 4.29. The zero-order valence-corrected chi connectivity index (χ0v) is 13.3. The second kappa shape index (κ2) is 5.36. The Balaban J connectivity index is 2.24. The van der Waals surface area contributed by atoms with Crippen molar-refractivity contribution in [2.45, 2.75) is 20.8 Å². The number of thiazole rings is 1. The van der Waals surface area contributed by atoms with Crippen molar-refractivity contribution in [1.82, 2.24) is 4.98 Å². The molecule has 0 bridgehead atoms. The highest BCUT2D eigenvalue weighted by Gasteiger charge is 2.14. The predicted molar refractivity (Wildman–Crippen MR) is 83.4 cm³/mol. The summed E-state index contributed by atoms with van der Waals surface area (Å²) in [6.07, 6.45) is 0. The molecule has 0 unspecified atom stereocenters. The van der Waals surface area contributed by atoms with Crippen molar-refractivity contribution in [2.75, 3.05) is 5.32 Å². The third-order valence-electron chi connectivity index (χ3n) is 2.55. The maximum atomic E-state index is 12.1. The summed E-state index contributed by atoms with van der Waals surface area (Å²) in [6, 6.07) is 5.95. The Morgan fingerprint density at radius 2 is 2.06 bits per heavy atom. The third kappa shape index (κ3) is 2.89. The molecule has 0 aliphatic carbocycles. The zero-order chi connectivity index (χ0) is 13.3. The molecule has 2 aromatic rings. The van der Waals surface area contributed by atoms with Crippen LogP contribution in [0.5, 0.6) is 0 Å². The van der Waals surface area contributed by atoms with Crippen LogP contribution in [0.25, 0.3) is 0 Å². The highest BCUT2D eigenvalue weighted by atomic mass is 127.